The Morgan fingerprint density at radius 2 is 2.14 bits per heavy atom. The van der Waals surface area contributed by atoms with Gasteiger partial charge in [0, 0.05) is 13.1 Å². The molecule has 0 saturated heterocycles. The summed E-state index contributed by atoms with van der Waals surface area (Å²) in [5, 5.41) is 2.32. The molecule has 4 heteroatoms. The van der Waals surface area contributed by atoms with Crippen LogP contribution in [-0.4, -0.2) is 23.2 Å². The van der Waals surface area contributed by atoms with E-state index in [0.717, 1.165) is 24.6 Å². The Bertz CT molecular complexity index is 324. The Labute approximate surface area is 89.5 Å². The van der Waals surface area contributed by atoms with Crippen LogP contribution in [0.15, 0.2) is 23.3 Å². The fraction of sp³-hybridized carbons (Fsp3) is 0.400. The molecule has 0 aliphatic heterocycles. The van der Waals surface area contributed by atoms with E-state index in [4.69, 9.17) is 0 Å². The zero-order valence-corrected chi connectivity index (χ0v) is 9.21. The molecule has 1 aromatic heterocycles. The van der Waals surface area contributed by atoms with Crippen LogP contribution in [0, 0.1) is 0 Å². The average Bonchev–Trinajstić information content (AvgIpc) is 2.23. The van der Waals surface area contributed by atoms with Crippen molar-refractivity contribution in [3.05, 3.63) is 18.3 Å². The summed E-state index contributed by atoms with van der Waals surface area (Å²) >= 11 is 4.51. The van der Waals surface area contributed by atoms with E-state index in [1.54, 1.807) is 6.20 Å². The average molecular weight is 207 g/mol. The van der Waals surface area contributed by atoms with Crippen molar-refractivity contribution in [3.63, 3.8) is 0 Å². The molecule has 1 aromatic rings. The highest BCUT2D eigenvalue weighted by Crippen LogP contribution is 2.15. The molecule has 0 bridgehead atoms. The van der Waals surface area contributed by atoms with Gasteiger partial charge in [0.15, 0.2) is 0 Å². The summed E-state index contributed by atoms with van der Waals surface area (Å²) in [5.74, 6) is 0.971. The molecule has 0 aliphatic rings. The third-order valence-electron chi connectivity index (χ3n) is 1.99. The SMILES string of the molecule is CCN(CC)c1ccc(N=C=S)cn1. The van der Waals surface area contributed by atoms with E-state index < -0.39 is 0 Å². The van der Waals surface area contributed by atoms with Crippen molar-refractivity contribution in [2.24, 2.45) is 4.99 Å². The Morgan fingerprint density at radius 3 is 2.57 bits per heavy atom. The summed E-state index contributed by atoms with van der Waals surface area (Å²) in [6, 6.07) is 3.83. The summed E-state index contributed by atoms with van der Waals surface area (Å²) in [6.45, 7) is 6.13. The number of rotatable bonds is 4. The molecule has 0 spiro atoms. The summed E-state index contributed by atoms with van der Waals surface area (Å²) < 4.78 is 0. The van der Waals surface area contributed by atoms with Crippen molar-refractivity contribution in [1.82, 2.24) is 4.98 Å². The van der Waals surface area contributed by atoms with E-state index >= 15 is 0 Å². The first kappa shape index (κ1) is 10.8. The maximum atomic E-state index is 4.51. The third-order valence-corrected chi connectivity index (χ3v) is 2.09. The lowest BCUT2D eigenvalue weighted by atomic mass is 10.4. The van der Waals surface area contributed by atoms with E-state index in [-0.39, 0.29) is 0 Å². The van der Waals surface area contributed by atoms with Crippen LogP contribution in [0.5, 0.6) is 0 Å². The van der Waals surface area contributed by atoms with Crippen LogP contribution < -0.4 is 4.90 Å². The molecular formula is C10H13N3S. The fourth-order valence-electron chi connectivity index (χ4n) is 1.23. The fourth-order valence-corrected chi connectivity index (χ4v) is 1.34. The summed E-state index contributed by atoms with van der Waals surface area (Å²) in [5.41, 5.74) is 0.746. The van der Waals surface area contributed by atoms with Gasteiger partial charge in [0.1, 0.15) is 5.82 Å². The molecule has 0 radical (unpaired) electrons. The minimum absolute atomic E-state index is 0.746. The summed E-state index contributed by atoms with van der Waals surface area (Å²) in [4.78, 5) is 10.3. The van der Waals surface area contributed by atoms with Gasteiger partial charge in [0.2, 0.25) is 0 Å². The first-order valence-electron chi connectivity index (χ1n) is 4.60. The highest BCUT2D eigenvalue weighted by molar-refractivity contribution is 7.78. The highest BCUT2D eigenvalue weighted by atomic mass is 32.1. The number of isothiocyanates is 1. The molecule has 0 aromatic carbocycles. The standard InChI is InChI=1S/C10H13N3S/c1-3-13(4-2)10-6-5-9(7-11-10)12-8-14/h5-7H,3-4H2,1-2H3. The predicted molar refractivity (Wildman–Crippen MR) is 62.5 cm³/mol. The number of nitrogens with zero attached hydrogens (tertiary/aromatic N) is 3. The minimum atomic E-state index is 0.746. The smallest absolute Gasteiger partial charge is 0.128 e. The molecule has 14 heavy (non-hydrogen) atoms. The van der Waals surface area contributed by atoms with Gasteiger partial charge in [0.05, 0.1) is 17.0 Å². The molecule has 0 saturated carbocycles. The second-order valence-electron chi connectivity index (χ2n) is 2.75. The first-order valence-corrected chi connectivity index (χ1v) is 5.01. The number of hydrogen-bond acceptors (Lipinski definition) is 4. The number of aromatic nitrogens is 1. The van der Waals surface area contributed by atoms with Crippen LogP contribution >= 0.6 is 12.2 Å². The van der Waals surface area contributed by atoms with Crippen molar-refractivity contribution in [2.75, 3.05) is 18.0 Å². The van der Waals surface area contributed by atoms with Crippen molar-refractivity contribution in [3.8, 4) is 0 Å². The van der Waals surface area contributed by atoms with Gasteiger partial charge in [-0.1, -0.05) is 0 Å². The Hall–Kier alpha value is -1.25. The summed E-state index contributed by atoms with van der Waals surface area (Å²) in [7, 11) is 0. The zero-order valence-electron chi connectivity index (χ0n) is 8.40. The lowest BCUT2D eigenvalue weighted by Crippen LogP contribution is -2.22. The number of pyridine rings is 1. The van der Waals surface area contributed by atoms with E-state index in [0.29, 0.717) is 0 Å². The molecule has 0 fully saturated rings. The van der Waals surface area contributed by atoms with Gasteiger partial charge >= 0.3 is 0 Å². The topological polar surface area (TPSA) is 28.5 Å². The van der Waals surface area contributed by atoms with E-state index in [1.807, 2.05) is 12.1 Å². The Kier molecular flexibility index (Phi) is 4.23. The number of anilines is 1. The molecule has 1 heterocycles. The molecule has 3 nitrogen and oxygen atoms in total. The van der Waals surface area contributed by atoms with Gasteiger partial charge in [-0.05, 0) is 38.2 Å². The van der Waals surface area contributed by atoms with Crippen molar-refractivity contribution < 1.29 is 0 Å². The van der Waals surface area contributed by atoms with E-state index in [2.05, 4.69) is 46.1 Å². The molecule has 74 valence electrons. The van der Waals surface area contributed by atoms with Crippen LogP contribution in [0.25, 0.3) is 0 Å². The van der Waals surface area contributed by atoms with Crippen LogP contribution in [0.1, 0.15) is 13.8 Å². The number of aliphatic imine (C=N–C) groups is 1. The van der Waals surface area contributed by atoms with Gasteiger partial charge in [-0.2, -0.15) is 4.99 Å². The molecular weight excluding hydrogens is 194 g/mol. The normalized spacial score (nSPS) is 9.29. The van der Waals surface area contributed by atoms with Crippen LogP contribution in [-0.2, 0) is 0 Å². The van der Waals surface area contributed by atoms with Gasteiger partial charge < -0.3 is 4.90 Å². The molecule has 0 atom stereocenters. The van der Waals surface area contributed by atoms with Gasteiger partial charge in [-0.25, -0.2) is 4.98 Å². The summed E-state index contributed by atoms with van der Waals surface area (Å²) in [6.07, 6.45) is 1.70. The first-order chi connectivity index (χ1) is 6.81. The van der Waals surface area contributed by atoms with Crippen LogP contribution in [0.4, 0.5) is 11.5 Å². The molecule has 0 N–H and O–H groups in total. The highest BCUT2D eigenvalue weighted by Gasteiger charge is 2.01. The molecule has 0 aliphatic carbocycles. The van der Waals surface area contributed by atoms with Gasteiger partial charge in [0.25, 0.3) is 0 Å². The van der Waals surface area contributed by atoms with Crippen molar-refractivity contribution in [1.29, 1.82) is 0 Å². The Morgan fingerprint density at radius 1 is 1.43 bits per heavy atom. The third kappa shape index (κ3) is 2.62. The van der Waals surface area contributed by atoms with Gasteiger partial charge in [-0.3, -0.25) is 0 Å². The van der Waals surface area contributed by atoms with Gasteiger partial charge in [-0.15, -0.1) is 0 Å². The molecule has 0 amide bonds. The minimum Gasteiger partial charge on any atom is -0.357 e. The van der Waals surface area contributed by atoms with Crippen molar-refractivity contribution >= 4 is 28.9 Å². The quantitative estimate of drug-likeness (QED) is 0.561. The van der Waals surface area contributed by atoms with E-state index in [9.17, 15) is 0 Å². The van der Waals surface area contributed by atoms with E-state index in [1.165, 1.54) is 0 Å². The monoisotopic (exact) mass is 207 g/mol. The predicted octanol–water partition coefficient (Wildman–Crippen LogP) is 2.66. The van der Waals surface area contributed by atoms with Crippen molar-refractivity contribution in [2.45, 2.75) is 13.8 Å². The lowest BCUT2D eigenvalue weighted by molar-refractivity contribution is 0.846. The molecule has 0 unspecified atom stereocenters. The zero-order chi connectivity index (χ0) is 10.4. The molecule has 1 rings (SSSR count). The Balaban J connectivity index is 2.86. The van der Waals surface area contributed by atoms with Crippen LogP contribution in [0.3, 0.4) is 0 Å². The maximum Gasteiger partial charge on any atom is 0.128 e. The number of hydrogen-bond donors (Lipinski definition) is 0. The second kappa shape index (κ2) is 5.47. The maximum absolute atomic E-state index is 4.51. The lowest BCUT2D eigenvalue weighted by Gasteiger charge is -2.19. The van der Waals surface area contributed by atoms with Crippen LogP contribution in [0.2, 0.25) is 0 Å². The second-order valence-corrected chi connectivity index (χ2v) is 2.93. The largest absolute Gasteiger partial charge is 0.357 e. The number of thiocarbonyl (C=S) groups is 1.